The predicted molar refractivity (Wildman–Crippen MR) is 86.4 cm³/mol. The van der Waals surface area contributed by atoms with Crippen LogP contribution in [0.1, 0.15) is 24.8 Å². The van der Waals surface area contributed by atoms with Gasteiger partial charge in [-0.15, -0.1) is 0 Å². The van der Waals surface area contributed by atoms with E-state index in [-0.39, 0.29) is 0 Å². The zero-order valence-electron chi connectivity index (χ0n) is 12.3. The zero-order valence-corrected chi connectivity index (χ0v) is 13.1. The van der Waals surface area contributed by atoms with E-state index in [0.717, 1.165) is 56.8 Å². The topological polar surface area (TPSA) is 58.4 Å². The molecule has 0 saturated carbocycles. The van der Waals surface area contributed by atoms with Crippen LogP contribution in [0.5, 0.6) is 0 Å². The molecule has 1 amide bonds. The molecule has 1 aliphatic rings. The number of amides is 1. The van der Waals surface area contributed by atoms with Crippen molar-refractivity contribution in [3.63, 3.8) is 0 Å². The van der Waals surface area contributed by atoms with Gasteiger partial charge in [0.25, 0.3) is 0 Å². The van der Waals surface area contributed by atoms with Crippen LogP contribution in [-0.2, 0) is 11.2 Å². The van der Waals surface area contributed by atoms with Gasteiger partial charge in [-0.25, -0.2) is 0 Å². The molecule has 0 aromatic heterocycles. The van der Waals surface area contributed by atoms with Crippen molar-refractivity contribution in [2.75, 3.05) is 19.6 Å². The summed E-state index contributed by atoms with van der Waals surface area (Å²) in [6.07, 6.45) is 4.91. The highest BCUT2D eigenvalue weighted by atomic mass is 35.5. The lowest BCUT2D eigenvalue weighted by Crippen LogP contribution is -2.37. The van der Waals surface area contributed by atoms with E-state index in [9.17, 15) is 4.79 Å². The molecule has 1 aliphatic heterocycles. The summed E-state index contributed by atoms with van der Waals surface area (Å²) in [5.41, 5.74) is 7.32. The monoisotopic (exact) mass is 309 g/mol. The fraction of sp³-hybridized carbons (Fsp3) is 0.562. The molecule has 1 aromatic rings. The number of nitrogens with two attached hydrogens (primary N) is 1. The first kappa shape index (κ1) is 16.3. The highest BCUT2D eigenvalue weighted by Gasteiger charge is 2.25. The number of nitrogens with one attached hydrogen (secondary N) is 1. The maximum atomic E-state index is 10.4. The van der Waals surface area contributed by atoms with Crippen LogP contribution in [-0.4, -0.2) is 43.0 Å². The molecule has 4 nitrogen and oxygen atoms in total. The lowest BCUT2D eigenvalue weighted by atomic mass is 10.0. The molecule has 1 saturated heterocycles. The molecule has 1 heterocycles. The molecule has 0 bridgehead atoms. The van der Waals surface area contributed by atoms with E-state index in [2.05, 4.69) is 22.3 Å². The Morgan fingerprint density at radius 2 is 2.14 bits per heavy atom. The largest absolute Gasteiger partial charge is 0.359 e. The molecule has 2 rings (SSSR count). The molecule has 0 spiro atoms. The number of carbonyl (C=O) groups is 1. The summed E-state index contributed by atoms with van der Waals surface area (Å²) in [6.45, 7) is 2.75. The van der Waals surface area contributed by atoms with Crippen molar-refractivity contribution in [2.24, 2.45) is 5.73 Å². The Morgan fingerprint density at radius 1 is 1.38 bits per heavy atom. The third-order valence-electron chi connectivity index (χ3n) is 4.16. The van der Waals surface area contributed by atoms with Gasteiger partial charge >= 0.3 is 0 Å². The normalized spacial score (nSPS) is 20.4. The van der Waals surface area contributed by atoms with Crippen LogP contribution in [0.15, 0.2) is 24.3 Å². The summed E-state index contributed by atoms with van der Waals surface area (Å²) in [6, 6.07) is 8.80. The number of carbonyl (C=O) groups excluding carboxylic acids is 1. The first-order chi connectivity index (χ1) is 10.2. The smallest absolute Gasteiger partial charge is 0.207 e. The van der Waals surface area contributed by atoms with Crippen LogP contribution < -0.4 is 11.1 Å². The number of likely N-dealkylation sites (tertiary alicyclic amines) is 1. The van der Waals surface area contributed by atoms with Crippen molar-refractivity contribution >= 4 is 18.0 Å². The lowest BCUT2D eigenvalue weighted by Gasteiger charge is -2.28. The van der Waals surface area contributed by atoms with Crippen molar-refractivity contribution in [3.8, 4) is 0 Å². The Labute approximate surface area is 131 Å². The van der Waals surface area contributed by atoms with Crippen LogP contribution in [0.3, 0.4) is 0 Å². The molecule has 0 aliphatic carbocycles. The molecule has 1 aromatic carbocycles. The minimum atomic E-state index is 0.294. The van der Waals surface area contributed by atoms with Crippen LogP contribution in [0.2, 0.25) is 5.02 Å². The second kappa shape index (κ2) is 8.37. The predicted octanol–water partition coefficient (Wildman–Crippen LogP) is 1.81. The van der Waals surface area contributed by atoms with Crippen molar-refractivity contribution < 1.29 is 4.79 Å². The van der Waals surface area contributed by atoms with Gasteiger partial charge in [0.1, 0.15) is 0 Å². The first-order valence-corrected chi connectivity index (χ1v) is 7.98. The minimum Gasteiger partial charge on any atom is -0.359 e. The van der Waals surface area contributed by atoms with E-state index in [1.165, 1.54) is 5.56 Å². The molecular weight excluding hydrogens is 286 g/mol. The highest BCUT2D eigenvalue weighted by Crippen LogP contribution is 2.19. The average Bonchev–Trinajstić information content (AvgIpc) is 2.91. The molecule has 2 unspecified atom stereocenters. The van der Waals surface area contributed by atoms with Gasteiger partial charge in [0.2, 0.25) is 6.41 Å². The van der Waals surface area contributed by atoms with Gasteiger partial charge in [-0.05, 0) is 43.4 Å². The molecule has 3 N–H and O–H groups in total. The number of hydrogen-bond acceptors (Lipinski definition) is 3. The summed E-state index contributed by atoms with van der Waals surface area (Å²) >= 11 is 5.92. The fourth-order valence-corrected chi connectivity index (χ4v) is 3.08. The second-order valence-electron chi connectivity index (χ2n) is 5.72. The Bertz CT molecular complexity index is 438. The molecular formula is C16H24ClN3O. The van der Waals surface area contributed by atoms with Crippen LogP contribution in [0, 0.1) is 0 Å². The third-order valence-corrected chi connectivity index (χ3v) is 4.41. The number of nitrogens with zero attached hydrogens (tertiary/aromatic N) is 1. The van der Waals surface area contributed by atoms with Gasteiger partial charge in [0.15, 0.2) is 0 Å². The summed E-state index contributed by atoms with van der Waals surface area (Å²) in [5, 5.41) is 3.54. The quantitative estimate of drug-likeness (QED) is 0.569. The number of aryl methyl sites for hydroxylation is 1. The fourth-order valence-electron chi connectivity index (χ4n) is 2.95. The van der Waals surface area contributed by atoms with Gasteiger partial charge < -0.3 is 11.1 Å². The number of halogens is 1. The van der Waals surface area contributed by atoms with E-state index in [1.54, 1.807) is 0 Å². The van der Waals surface area contributed by atoms with E-state index in [0.29, 0.717) is 12.1 Å². The Hall–Kier alpha value is -1.10. The minimum absolute atomic E-state index is 0.294. The maximum absolute atomic E-state index is 10.4. The number of benzene rings is 1. The molecule has 1 fully saturated rings. The Kier molecular flexibility index (Phi) is 6.49. The van der Waals surface area contributed by atoms with Gasteiger partial charge in [-0.1, -0.05) is 23.7 Å². The molecule has 116 valence electrons. The summed E-state index contributed by atoms with van der Waals surface area (Å²) in [5.74, 6) is 0. The zero-order chi connectivity index (χ0) is 15.1. The van der Waals surface area contributed by atoms with E-state index in [1.807, 2.05) is 12.1 Å². The van der Waals surface area contributed by atoms with Crippen molar-refractivity contribution in [1.29, 1.82) is 0 Å². The van der Waals surface area contributed by atoms with Crippen LogP contribution in [0.25, 0.3) is 0 Å². The second-order valence-corrected chi connectivity index (χ2v) is 6.16. The highest BCUT2D eigenvalue weighted by molar-refractivity contribution is 6.30. The van der Waals surface area contributed by atoms with Crippen LogP contribution in [0.4, 0.5) is 0 Å². The third kappa shape index (κ3) is 5.30. The summed E-state index contributed by atoms with van der Waals surface area (Å²) in [4.78, 5) is 12.9. The molecule has 21 heavy (non-hydrogen) atoms. The summed E-state index contributed by atoms with van der Waals surface area (Å²) in [7, 11) is 0. The average molecular weight is 310 g/mol. The van der Waals surface area contributed by atoms with Gasteiger partial charge in [0, 0.05) is 36.7 Å². The van der Waals surface area contributed by atoms with Crippen molar-refractivity contribution in [1.82, 2.24) is 10.2 Å². The molecule has 2 atom stereocenters. The van der Waals surface area contributed by atoms with Crippen molar-refractivity contribution in [2.45, 2.75) is 37.8 Å². The maximum Gasteiger partial charge on any atom is 0.207 e. The van der Waals surface area contributed by atoms with Crippen LogP contribution >= 0.6 is 11.6 Å². The summed E-state index contributed by atoms with van der Waals surface area (Å²) < 4.78 is 0. The molecule has 5 heteroatoms. The van der Waals surface area contributed by atoms with E-state index < -0.39 is 0 Å². The number of rotatable bonds is 8. The van der Waals surface area contributed by atoms with Gasteiger partial charge in [-0.3, -0.25) is 9.69 Å². The Balaban J connectivity index is 1.88. The molecule has 0 radical (unpaired) electrons. The van der Waals surface area contributed by atoms with E-state index >= 15 is 0 Å². The van der Waals surface area contributed by atoms with Gasteiger partial charge in [-0.2, -0.15) is 0 Å². The SMILES string of the molecule is NC1CCN(C(CCNC=O)CCc2ccc(Cl)cc2)C1. The number of hydrogen-bond donors (Lipinski definition) is 2. The van der Waals surface area contributed by atoms with Gasteiger partial charge in [0.05, 0.1) is 0 Å². The Morgan fingerprint density at radius 3 is 2.76 bits per heavy atom. The van der Waals surface area contributed by atoms with Crippen molar-refractivity contribution in [3.05, 3.63) is 34.9 Å². The van der Waals surface area contributed by atoms with E-state index in [4.69, 9.17) is 17.3 Å². The standard InChI is InChI=1S/C16H24ClN3O/c17-14-4-1-13(2-5-14)3-6-16(7-9-19-12-21)20-10-8-15(18)11-20/h1-2,4-5,12,15-16H,3,6-11,18H2,(H,19,21). The lowest BCUT2D eigenvalue weighted by molar-refractivity contribution is -0.109. The first-order valence-electron chi connectivity index (χ1n) is 7.60.